The third-order valence-electron chi connectivity index (χ3n) is 3.15. The van der Waals surface area contributed by atoms with Crippen LogP contribution in [0.4, 0.5) is 5.82 Å². The van der Waals surface area contributed by atoms with E-state index in [1.807, 2.05) is 13.8 Å². The van der Waals surface area contributed by atoms with Gasteiger partial charge in [-0.15, -0.1) is 0 Å². The fourth-order valence-corrected chi connectivity index (χ4v) is 3.96. The summed E-state index contributed by atoms with van der Waals surface area (Å²) in [4.78, 5) is 11.3. The van der Waals surface area contributed by atoms with Crippen LogP contribution in [0.25, 0.3) is 0 Å². The van der Waals surface area contributed by atoms with Gasteiger partial charge in [0.1, 0.15) is 11.6 Å². The summed E-state index contributed by atoms with van der Waals surface area (Å²) in [6.07, 6.45) is 1.34. The van der Waals surface area contributed by atoms with E-state index in [0.29, 0.717) is 6.04 Å². The molecule has 2 atom stereocenters. The van der Waals surface area contributed by atoms with E-state index < -0.39 is 0 Å². The van der Waals surface area contributed by atoms with Crippen molar-refractivity contribution in [3.63, 3.8) is 0 Å². The molecular weight excluding hydrogens is 206 g/mol. The lowest BCUT2D eigenvalue weighted by Gasteiger charge is -2.27. The maximum absolute atomic E-state index is 4.54. The molecule has 0 aliphatic carbocycles. The van der Waals surface area contributed by atoms with E-state index in [2.05, 4.69) is 32.7 Å². The fourth-order valence-electron chi connectivity index (χ4n) is 2.52. The molecule has 2 unspecified atom stereocenters. The number of hydrogen-bond donors (Lipinski definition) is 0. The first-order valence-corrected chi connectivity index (χ1v) is 6.48. The normalized spacial score (nSPS) is 28.8. The van der Waals surface area contributed by atoms with Crippen LogP contribution in [0.5, 0.6) is 0 Å². The van der Waals surface area contributed by atoms with Crippen LogP contribution in [0.15, 0.2) is 6.07 Å². The van der Waals surface area contributed by atoms with Crippen molar-refractivity contribution in [3.8, 4) is 0 Å². The molecule has 2 aliphatic heterocycles. The Bertz CT molecular complexity index is 373. The standard InChI is InChI=1S/C11H15N3S/c1-7-3-11(13-8(2)12-7)14-5-10-4-9(14)6-15-10/h3,9-10H,4-6H2,1-2H3. The van der Waals surface area contributed by atoms with Crippen molar-refractivity contribution in [1.82, 2.24) is 9.97 Å². The molecule has 0 aromatic carbocycles. The average molecular weight is 221 g/mol. The first kappa shape index (κ1) is 9.46. The molecule has 0 amide bonds. The zero-order valence-electron chi connectivity index (χ0n) is 9.10. The fraction of sp³-hybridized carbons (Fsp3) is 0.636. The van der Waals surface area contributed by atoms with E-state index in [9.17, 15) is 0 Å². The minimum Gasteiger partial charge on any atom is -0.352 e. The SMILES string of the molecule is Cc1cc(N2CC3CC2CS3)nc(C)n1. The highest BCUT2D eigenvalue weighted by atomic mass is 32.2. The van der Waals surface area contributed by atoms with Gasteiger partial charge in [0, 0.05) is 35.3 Å². The molecule has 2 saturated heterocycles. The summed E-state index contributed by atoms with van der Waals surface area (Å²) in [6, 6.07) is 2.83. The second-order valence-electron chi connectivity index (χ2n) is 4.41. The molecule has 15 heavy (non-hydrogen) atoms. The van der Waals surface area contributed by atoms with Crippen molar-refractivity contribution in [2.75, 3.05) is 17.2 Å². The lowest BCUT2D eigenvalue weighted by atomic mass is 10.2. The van der Waals surface area contributed by atoms with Crippen molar-refractivity contribution in [2.45, 2.75) is 31.6 Å². The predicted octanol–water partition coefficient (Wildman–Crippen LogP) is 1.79. The molecule has 1 aromatic heterocycles. The Labute approximate surface area is 94.3 Å². The molecular formula is C11H15N3S. The summed E-state index contributed by atoms with van der Waals surface area (Å²) in [5.41, 5.74) is 1.08. The Morgan fingerprint density at radius 2 is 2.27 bits per heavy atom. The number of fused-ring (bicyclic) bond motifs is 2. The minimum absolute atomic E-state index is 0.716. The van der Waals surface area contributed by atoms with E-state index >= 15 is 0 Å². The maximum atomic E-state index is 4.54. The highest BCUT2D eigenvalue weighted by Gasteiger charge is 2.39. The highest BCUT2D eigenvalue weighted by molar-refractivity contribution is 8.00. The predicted molar refractivity (Wildman–Crippen MR) is 63.5 cm³/mol. The number of nitrogens with zero attached hydrogens (tertiary/aromatic N) is 3. The molecule has 0 spiro atoms. The third-order valence-corrected chi connectivity index (χ3v) is 4.54. The molecule has 2 bridgehead atoms. The topological polar surface area (TPSA) is 29.0 Å². The minimum atomic E-state index is 0.716. The molecule has 4 heteroatoms. The molecule has 80 valence electrons. The summed E-state index contributed by atoms with van der Waals surface area (Å²) in [5.74, 6) is 3.29. The summed E-state index contributed by atoms with van der Waals surface area (Å²) in [5, 5.41) is 0.838. The van der Waals surface area contributed by atoms with Crippen molar-refractivity contribution in [2.24, 2.45) is 0 Å². The number of aryl methyl sites for hydroxylation is 2. The monoisotopic (exact) mass is 221 g/mol. The van der Waals surface area contributed by atoms with Crippen molar-refractivity contribution >= 4 is 17.6 Å². The first-order chi connectivity index (χ1) is 7.22. The van der Waals surface area contributed by atoms with Crippen LogP contribution in [0.3, 0.4) is 0 Å². The third kappa shape index (κ3) is 1.61. The van der Waals surface area contributed by atoms with Gasteiger partial charge in [-0.25, -0.2) is 9.97 Å². The number of aromatic nitrogens is 2. The summed E-state index contributed by atoms with van der Waals surface area (Å²) >= 11 is 2.11. The van der Waals surface area contributed by atoms with Gasteiger partial charge < -0.3 is 4.90 Å². The van der Waals surface area contributed by atoms with Gasteiger partial charge >= 0.3 is 0 Å². The van der Waals surface area contributed by atoms with Gasteiger partial charge in [-0.2, -0.15) is 11.8 Å². The van der Waals surface area contributed by atoms with Gasteiger partial charge in [0.25, 0.3) is 0 Å². The number of thioether (sulfide) groups is 1. The van der Waals surface area contributed by atoms with Crippen LogP contribution >= 0.6 is 11.8 Å². The van der Waals surface area contributed by atoms with Crippen molar-refractivity contribution in [3.05, 3.63) is 17.6 Å². The van der Waals surface area contributed by atoms with Crippen LogP contribution in [-0.2, 0) is 0 Å². The Morgan fingerprint density at radius 1 is 1.40 bits per heavy atom. The van der Waals surface area contributed by atoms with Gasteiger partial charge in [0.05, 0.1) is 0 Å². The molecule has 3 heterocycles. The quantitative estimate of drug-likeness (QED) is 0.723. The van der Waals surface area contributed by atoms with Crippen LogP contribution in [0.2, 0.25) is 0 Å². The summed E-state index contributed by atoms with van der Waals surface area (Å²) < 4.78 is 0. The lowest BCUT2D eigenvalue weighted by molar-refractivity contribution is 0.746. The Morgan fingerprint density at radius 3 is 2.87 bits per heavy atom. The van der Waals surface area contributed by atoms with Gasteiger partial charge in [0.2, 0.25) is 0 Å². The summed E-state index contributed by atoms with van der Waals surface area (Å²) in [6.45, 7) is 5.19. The van der Waals surface area contributed by atoms with Crippen molar-refractivity contribution < 1.29 is 0 Å². The van der Waals surface area contributed by atoms with E-state index in [1.165, 1.54) is 18.7 Å². The zero-order chi connectivity index (χ0) is 10.4. The number of anilines is 1. The van der Waals surface area contributed by atoms with E-state index in [-0.39, 0.29) is 0 Å². The highest BCUT2D eigenvalue weighted by Crippen LogP contribution is 2.39. The Kier molecular flexibility index (Phi) is 2.12. The van der Waals surface area contributed by atoms with E-state index in [4.69, 9.17) is 0 Å². The van der Waals surface area contributed by atoms with Crippen LogP contribution < -0.4 is 4.90 Å². The van der Waals surface area contributed by atoms with Gasteiger partial charge in [-0.05, 0) is 20.3 Å². The van der Waals surface area contributed by atoms with E-state index in [0.717, 1.165) is 22.6 Å². The molecule has 0 saturated carbocycles. The van der Waals surface area contributed by atoms with Crippen LogP contribution in [0, 0.1) is 13.8 Å². The second kappa shape index (κ2) is 3.37. The second-order valence-corrected chi connectivity index (χ2v) is 5.75. The number of rotatable bonds is 1. The Hall–Kier alpha value is -0.770. The molecule has 0 N–H and O–H groups in total. The molecule has 2 fully saturated rings. The molecule has 0 radical (unpaired) electrons. The Balaban J connectivity index is 1.93. The molecule has 3 rings (SSSR count). The van der Waals surface area contributed by atoms with Gasteiger partial charge in [-0.3, -0.25) is 0 Å². The molecule has 1 aromatic rings. The zero-order valence-corrected chi connectivity index (χ0v) is 9.92. The maximum Gasteiger partial charge on any atom is 0.132 e. The van der Waals surface area contributed by atoms with E-state index in [1.54, 1.807) is 0 Å². The van der Waals surface area contributed by atoms with Gasteiger partial charge in [-0.1, -0.05) is 0 Å². The van der Waals surface area contributed by atoms with Crippen LogP contribution in [0.1, 0.15) is 17.9 Å². The summed E-state index contributed by atoms with van der Waals surface area (Å²) in [7, 11) is 0. The van der Waals surface area contributed by atoms with Crippen LogP contribution in [-0.4, -0.2) is 33.6 Å². The number of hydrogen-bond acceptors (Lipinski definition) is 4. The van der Waals surface area contributed by atoms with Gasteiger partial charge in [0.15, 0.2) is 0 Å². The molecule has 2 aliphatic rings. The van der Waals surface area contributed by atoms with Crippen molar-refractivity contribution in [1.29, 1.82) is 0 Å². The largest absolute Gasteiger partial charge is 0.352 e. The average Bonchev–Trinajstić information content (AvgIpc) is 2.76. The first-order valence-electron chi connectivity index (χ1n) is 5.43. The smallest absolute Gasteiger partial charge is 0.132 e. The molecule has 3 nitrogen and oxygen atoms in total. The lowest BCUT2D eigenvalue weighted by Crippen LogP contribution is -2.34.